The van der Waals surface area contributed by atoms with E-state index in [0.717, 1.165) is 30.4 Å². The second-order valence-corrected chi connectivity index (χ2v) is 5.54. The highest BCUT2D eigenvalue weighted by Crippen LogP contribution is 2.16. The van der Waals surface area contributed by atoms with Gasteiger partial charge in [0, 0.05) is 18.8 Å². The van der Waals surface area contributed by atoms with Crippen molar-refractivity contribution in [1.29, 1.82) is 0 Å². The zero-order valence-corrected chi connectivity index (χ0v) is 11.6. The minimum Gasteiger partial charge on any atom is -0.491 e. The molecule has 1 aromatic rings. The van der Waals surface area contributed by atoms with Gasteiger partial charge in [-0.05, 0) is 49.6 Å². The molecule has 0 bridgehead atoms. The van der Waals surface area contributed by atoms with E-state index in [1.165, 1.54) is 12.8 Å². The Labute approximate surface area is 115 Å². The van der Waals surface area contributed by atoms with Crippen LogP contribution in [0.5, 0.6) is 5.75 Å². The lowest BCUT2D eigenvalue weighted by Gasteiger charge is -2.32. The third kappa shape index (κ3) is 4.73. The van der Waals surface area contributed by atoms with Crippen molar-refractivity contribution in [2.24, 2.45) is 5.92 Å². The van der Waals surface area contributed by atoms with Crippen LogP contribution < -0.4 is 10.5 Å². The molecule has 0 aromatic heterocycles. The number of β-amino-alcohol motifs (C(OH)–C–C–N with tert-alkyl or cyclic N) is 1. The monoisotopic (exact) mass is 264 g/mol. The van der Waals surface area contributed by atoms with Crippen molar-refractivity contribution < 1.29 is 9.84 Å². The number of likely N-dealkylation sites (tertiary alicyclic amines) is 1. The predicted molar refractivity (Wildman–Crippen MR) is 77.2 cm³/mol. The summed E-state index contributed by atoms with van der Waals surface area (Å²) in [5.41, 5.74) is 6.33. The van der Waals surface area contributed by atoms with Gasteiger partial charge in [-0.25, -0.2) is 0 Å². The average Bonchev–Trinajstić information content (AvgIpc) is 2.38. The molecule has 4 heteroatoms. The van der Waals surface area contributed by atoms with Crippen LogP contribution in [0.25, 0.3) is 0 Å². The second-order valence-electron chi connectivity index (χ2n) is 5.54. The molecule has 1 heterocycles. The quantitative estimate of drug-likeness (QED) is 0.795. The molecule has 0 saturated carbocycles. The van der Waals surface area contributed by atoms with E-state index in [4.69, 9.17) is 10.5 Å². The number of nitrogens with two attached hydrogens (primary N) is 1. The Bertz CT molecular complexity index is 380. The van der Waals surface area contributed by atoms with Crippen molar-refractivity contribution in [3.8, 4) is 5.75 Å². The summed E-state index contributed by atoms with van der Waals surface area (Å²) in [7, 11) is 0. The molecule has 2 atom stereocenters. The van der Waals surface area contributed by atoms with Gasteiger partial charge in [0.25, 0.3) is 0 Å². The summed E-state index contributed by atoms with van der Waals surface area (Å²) in [6.45, 7) is 5.46. The molecule has 0 amide bonds. The number of aliphatic hydroxyl groups excluding tert-OH is 1. The largest absolute Gasteiger partial charge is 0.491 e. The van der Waals surface area contributed by atoms with E-state index >= 15 is 0 Å². The van der Waals surface area contributed by atoms with Crippen LogP contribution in [0, 0.1) is 5.92 Å². The van der Waals surface area contributed by atoms with Gasteiger partial charge in [0.05, 0.1) is 0 Å². The number of benzene rings is 1. The number of anilines is 1. The summed E-state index contributed by atoms with van der Waals surface area (Å²) in [6, 6.07) is 7.25. The SMILES string of the molecule is CC1CCCN(CC(O)COc2ccc(N)cc2)C1. The maximum absolute atomic E-state index is 10.0. The number of ether oxygens (including phenoxy) is 1. The van der Waals surface area contributed by atoms with Crippen LogP contribution in [0.2, 0.25) is 0 Å². The van der Waals surface area contributed by atoms with Crippen LogP contribution in [0.1, 0.15) is 19.8 Å². The summed E-state index contributed by atoms with van der Waals surface area (Å²) in [5, 5.41) is 10.0. The summed E-state index contributed by atoms with van der Waals surface area (Å²) >= 11 is 0. The first-order chi connectivity index (χ1) is 9.13. The minimum absolute atomic E-state index is 0.328. The van der Waals surface area contributed by atoms with Crippen molar-refractivity contribution in [3.63, 3.8) is 0 Å². The Hall–Kier alpha value is -1.26. The molecule has 0 radical (unpaired) electrons. The van der Waals surface area contributed by atoms with Gasteiger partial charge in [-0.2, -0.15) is 0 Å². The Morgan fingerprint density at radius 3 is 2.84 bits per heavy atom. The van der Waals surface area contributed by atoms with Crippen molar-refractivity contribution in [2.75, 3.05) is 32.0 Å². The minimum atomic E-state index is -0.442. The molecule has 3 N–H and O–H groups in total. The van der Waals surface area contributed by atoms with Crippen LogP contribution in [-0.2, 0) is 0 Å². The van der Waals surface area contributed by atoms with Gasteiger partial charge in [0.15, 0.2) is 0 Å². The van der Waals surface area contributed by atoms with E-state index < -0.39 is 6.10 Å². The Morgan fingerprint density at radius 2 is 2.16 bits per heavy atom. The highest BCUT2D eigenvalue weighted by atomic mass is 16.5. The fourth-order valence-corrected chi connectivity index (χ4v) is 2.56. The summed E-state index contributed by atoms with van der Waals surface area (Å²) in [4.78, 5) is 2.32. The number of nitrogens with zero attached hydrogens (tertiary/aromatic N) is 1. The summed E-state index contributed by atoms with van der Waals surface area (Å²) in [6.07, 6.45) is 2.09. The van der Waals surface area contributed by atoms with Crippen LogP contribution in [0.3, 0.4) is 0 Å². The standard InChI is InChI=1S/C15H24N2O2/c1-12-3-2-8-17(9-12)10-14(18)11-19-15-6-4-13(16)5-7-15/h4-7,12,14,18H,2-3,8-11,16H2,1H3. The fraction of sp³-hybridized carbons (Fsp3) is 0.600. The van der Waals surface area contributed by atoms with Gasteiger partial charge in [-0.3, -0.25) is 0 Å². The van der Waals surface area contributed by atoms with Crippen LogP contribution >= 0.6 is 0 Å². The Balaban J connectivity index is 1.72. The Kier molecular flexibility index (Phi) is 5.05. The molecule has 0 spiro atoms. The normalized spacial score (nSPS) is 22.1. The van der Waals surface area contributed by atoms with Gasteiger partial charge >= 0.3 is 0 Å². The maximum atomic E-state index is 10.0. The van der Waals surface area contributed by atoms with E-state index in [0.29, 0.717) is 13.2 Å². The molecule has 1 aliphatic rings. The highest BCUT2D eigenvalue weighted by Gasteiger charge is 2.19. The lowest BCUT2D eigenvalue weighted by atomic mass is 10.0. The van der Waals surface area contributed by atoms with Gasteiger partial charge in [-0.1, -0.05) is 6.92 Å². The number of aliphatic hydroxyl groups is 1. The van der Waals surface area contributed by atoms with E-state index in [9.17, 15) is 5.11 Å². The molecule has 0 aliphatic carbocycles. The zero-order chi connectivity index (χ0) is 13.7. The molecule has 2 unspecified atom stereocenters. The van der Waals surface area contributed by atoms with Crippen molar-refractivity contribution in [3.05, 3.63) is 24.3 Å². The third-order valence-electron chi connectivity index (χ3n) is 3.53. The molecular weight excluding hydrogens is 240 g/mol. The molecule has 1 fully saturated rings. The summed E-state index contributed by atoms with van der Waals surface area (Å²) in [5.74, 6) is 1.49. The maximum Gasteiger partial charge on any atom is 0.119 e. The summed E-state index contributed by atoms with van der Waals surface area (Å²) < 4.78 is 5.56. The smallest absolute Gasteiger partial charge is 0.119 e. The first-order valence-corrected chi connectivity index (χ1v) is 7.02. The number of hydrogen-bond acceptors (Lipinski definition) is 4. The van der Waals surface area contributed by atoms with Gasteiger partial charge in [0.1, 0.15) is 18.5 Å². The molecular formula is C15H24N2O2. The second kappa shape index (κ2) is 6.78. The lowest BCUT2D eigenvalue weighted by Crippen LogP contribution is -2.41. The van der Waals surface area contributed by atoms with Crippen LogP contribution in [0.15, 0.2) is 24.3 Å². The topological polar surface area (TPSA) is 58.7 Å². The van der Waals surface area contributed by atoms with E-state index in [2.05, 4.69) is 11.8 Å². The zero-order valence-electron chi connectivity index (χ0n) is 11.6. The first kappa shape index (κ1) is 14.2. The van der Waals surface area contributed by atoms with Gasteiger partial charge in [0.2, 0.25) is 0 Å². The van der Waals surface area contributed by atoms with Crippen molar-refractivity contribution in [1.82, 2.24) is 4.90 Å². The molecule has 19 heavy (non-hydrogen) atoms. The number of piperidine rings is 1. The molecule has 1 aliphatic heterocycles. The molecule has 1 saturated heterocycles. The van der Waals surface area contributed by atoms with E-state index in [1.54, 1.807) is 12.1 Å². The average molecular weight is 264 g/mol. The number of rotatable bonds is 5. The fourth-order valence-electron chi connectivity index (χ4n) is 2.56. The molecule has 4 nitrogen and oxygen atoms in total. The number of hydrogen-bond donors (Lipinski definition) is 2. The van der Waals surface area contributed by atoms with Crippen LogP contribution in [-0.4, -0.2) is 42.4 Å². The molecule has 2 rings (SSSR count). The van der Waals surface area contributed by atoms with Crippen molar-refractivity contribution in [2.45, 2.75) is 25.9 Å². The van der Waals surface area contributed by atoms with E-state index in [1.807, 2.05) is 12.1 Å². The Morgan fingerprint density at radius 1 is 1.42 bits per heavy atom. The van der Waals surface area contributed by atoms with Crippen LogP contribution in [0.4, 0.5) is 5.69 Å². The first-order valence-electron chi connectivity index (χ1n) is 7.02. The third-order valence-corrected chi connectivity index (χ3v) is 3.53. The van der Waals surface area contributed by atoms with Gasteiger partial charge in [-0.15, -0.1) is 0 Å². The molecule has 1 aromatic carbocycles. The lowest BCUT2D eigenvalue weighted by molar-refractivity contribution is 0.0537. The molecule has 106 valence electrons. The predicted octanol–water partition coefficient (Wildman–Crippen LogP) is 1.74. The highest BCUT2D eigenvalue weighted by molar-refractivity contribution is 5.41. The van der Waals surface area contributed by atoms with Gasteiger partial charge < -0.3 is 20.5 Å². The van der Waals surface area contributed by atoms with Crippen molar-refractivity contribution >= 4 is 5.69 Å². The van der Waals surface area contributed by atoms with E-state index in [-0.39, 0.29) is 0 Å². The number of nitrogen functional groups attached to an aromatic ring is 1.